The standard InChI is InChI=1S/C17H21ClN2O3/c1-12(21)19-6-4-13(5-7-19)17(22)20-8-9-23-16-3-2-15(18)10-14(16)11-20/h2-3,10,13H,4-9,11H2,1H3. The maximum absolute atomic E-state index is 12.8. The van der Waals surface area contributed by atoms with Crippen LogP contribution in [0.25, 0.3) is 0 Å². The Labute approximate surface area is 141 Å². The van der Waals surface area contributed by atoms with E-state index in [9.17, 15) is 9.59 Å². The first kappa shape index (κ1) is 16.1. The van der Waals surface area contributed by atoms with E-state index in [1.807, 2.05) is 21.9 Å². The molecule has 0 aromatic heterocycles. The second-order valence-corrected chi connectivity index (χ2v) is 6.58. The molecule has 2 heterocycles. The quantitative estimate of drug-likeness (QED) is 0.790. The summed E-state index contributed by atoms with van der Waals surface area (Å²) in [6.07, 6.45) is 1.47. The zero-order valence-corrected chi connectivity index (χ0v) is 14.0. The molecular formula is C17H21ClN2O3. The van der Waals surface area contributed by atoms with Crippen molar-refractivity contribution < 1.29 is 14.3 Å². The number of hydrogen-bond acceptors (Lipinski definition) is 3. The Morgan fingerprint density at radius 2 is 1.91 bits per heavy atom. The van der Waals surface area contributed by atoms with E-state index in [-0.39, 0.29) is 17.7 Å². The van der Waals surface area contributed by atoms with Crippen molar-refractivity contribution in [2.75, 3.05) is 26.2 Å². The van der Waals surface area contributed by atoms with Crippen LogP contribution in [0.15, 0.2) is 18.2 Å². The molecule has 6 heteroatoms. The maximum Gasteiger partial charge on any atom is 0.226 e. The fourth-order valence-electron chi connectivity index (χ4n) is 3.25. The molecule has 5 nitrogen and oxygen atoms in total. The van der Waals surface area contributed by atoms with Crippen molar-refractivity contribution in [1.82, 2.24) is 9.80 Å². The molecule has 0 bridgehead atoms. The molecule has 0 atom stereocenters. The van der Waals surface area contributed by atoms with Crippen LogP contribution >= 0.6 is 11.6 Å². The van der Waals surface area contributed by atoms with Crippen LogP contribution in [-0.2, 0) is 16.1 Å². The van der Waals surface area contributed by atoms with Gasteiger partial charge in [-0.2, -0.15) is 0 Å². The highest BCUT2D eigenvalue weighted by Gasteiger charge is 2.30. The van der Waals surface area contributed by atoms with Crippen molar-refractivity contribution in [2.45, 2.75) is 26.3 Å². The minimum atomic E-state index is -0.00802. The fourth-order valence-corrected chi connectivity index (χ4v) is 3.45. The third-order valence-electron chi connectivity index (χ3n) is 4.60. The predicted molar refractivity (Wildman–Crippen MR) is 87.3 cm³/mol. The maximum atomic E-state index is 12.8. The minimum absolute atomic E-state index is 0.00802. The van der Waals surface area contributed by atoms with Crippen LogP contribution < -0.4 is 4.74 Å². The van der Waals surface area contributed by atoms with Gasteiger partial charge in [-0.25, -0.2) is 0 Å². The number of hydrogen-bond donors (Lipinski definition) is 0. The zero-order valence-electron chi connectivity index (χ0n) is 13.3. The van der Waals surface area contributed by atoms with Gasteiger partial charge < -0.3 is 14.5 Å². The highest BCUT2D eigenvalue weighted by atomic mass is 35.5. The number of carbonyl (C=O) groups excluding carboxylic acids is 2. The smallest absolute Gasteiger partial charge is 0.226 e. The van der Waals surface area contributed by atoms with Gasteiger partial charge in [-0.05, 0) is 31.0 Å². The molecule has 0 N–H and O–H groups in total. The Balaban J connectivity index is 1.67. The summed E-state index contributed by atoms with van der Waals surface area (Å²) in [5.41, 5.74) is 0.949. The van der Waals surface area contributed by atoms with Gasteiger partial charge in [-0.15, -0.1) is 0 Å². The molecule has 1 fully saturated rings. The van der Waals surface area contributed by atoms with Crippen LogP contribution in [0.5, 0.6) is 5.75 Å². The molecule has 124 valence electrons. The molecule has 0 aliphatic carbocycles. The Bertz CT molecular complexity index is 612. The molecule has 0 spiro atoms. The van der Waals surface area contributed by atoms with Crippen molar-refractivity contribution in [2.24, 2.45) is 5.92 Å². The molecule has 2 aliphatic heterocycles. The summed E-state index contributed by atoms with van der Waals surface area (Å²) < 4.78 is 5.71. The summed E-state index contributed by atoms with van der Waals surface area (Å²) in [6, 6.07) is 5.52. The number of halogens is 1. The lowest BCUT2D eigenvalue weighted by Crippen LogP contribution is -2.44. The third-order valence-corrected chi connectivity index (χ3v) is 4.84. The highest BCUT2D eigenvalue weighted by Crippen LogP contribution is 2.28. The number of carbonyl (C=O) groups is 2. The number of rotatable bonds is 1. The normalized spacial score (nSPS) is 18.9. The lowest BCUT2D eigenvalue weighted by molar-refractivity contribution is -0.140. The third kappa shape index (κ3) is 3.61. The van der Waals surface area contributed by atoms with Crippen molar-refractivity contribution in [1.29, 1.82) is 0 Å². The van der Waals surface area contributed by atoms with Gasteiger partial charge in [0.15, 0.2) is 0 Å². The van der Waals surface area contributed by atoms with Crippen LogP contribution in [0, 0.1) is 5.92 Å². The van der Waals surface area contributed by atoms with Gasteiger partial charge in [0.2, 0.25) is 11.8 Å². The average molecular weight is 337 g/mol. The lowest BCUT2D eigenvalue weighted by atomic mass is 9.95. The molecule has 3 rings (SSSR count). The molecule has 1 aromatic carbocycles. The number of ether oxygens (including phenoxy) is 1. The second-order valence-electron chi connectivity index (χ2n) is 6.14. The van der Waals surface area contributed by atoms with Crippen LogP contribution in [0.4, 0.5) is 0 Å². The second kappa shape index (κ2) is 6.79. The number of likely N-dealkylation sites (tertiary alicyclic amines) is 1. The molecule has 2 amide bonds. The van der Waals surface area contributed by atoms with E-state index in [0.717, 1.165) is 24.2 Å². The van der Waals surface area contributed by atoms with Crippen LogP contribution in [0.1, 0.15) is 25.3 Å². The van der Waals surface area contributed by atoms with Crippen LogP contribution in [0.2, 0.25) is 5.02 Å². The predicted octanol–water partition coefficient (Wildman–Crippen LogP) is 2.32. The number of amides is 2. The minimum Gasteiger partial charge on any atom is -0.491 e. The zero-order chi connectivity index (χ0) is 16.4. The average Bonchev–Trinajstić information content (AvgIpc) is 2.76. The van der Waals surface area contributed by atoms with Crippen molar-refractivity contribution >= 4 is 23.4 Å². The number of nitrogens with zero attached hydrogens (tertiary/aromatic N) is 2. The van der Waals surface area contributed by atoms with Crippen LogP contribution in [0.3, 0.4) is 0 Å². The van der Waals surface area contributed by atoms with Crippen molar-refractivity contribution in [3.63, 3.8) is 0 Å². The molecule has 0 radical (unpaired) electrons. The summed E-state index contributed by atoms with van der Waals surface area (Å²) in [5.74, 6) is 1.04. The van der Waals surface area contributed by atoms with Gasteiger partial charge in [0.1, 0.15) is 12.4 Å². The van der Waals surface area contributed by atoms with E-state index in [0.29, 0.717) is 37.8 Å². The van der Waals surface area contributed by atoms with Crippen molar-refractivity contribution in [3.05, 3.63) is 28.8 Å². The fraction of sp³-hybridized carbons (Fsp3) is 0.529. The Morgan fingerprint density at radius 3 is 2.61 bits per heavy atom. The summed E-state index contributed by atoms with van der Waals surface area (Å²) in [7, 11) is 0. The topological polar surface area (TPSA) is 49.9 Å². The lowest BCUT2D eigenvalue weighted by Gasteiger charge is -2.33. The number of benzene rings is 1. The molecular weight excluding hydrogens is 316 g/mol. The van der Waals surface area contributed by atoms with E-state index >= 15 is 0 Å². The number of fused-ring (bicyclic) bond motifs is 1. The van der Waals surface area contributed by atoms with E-state index in [1.165, 1.54) is 0 Å². The van der Waals surface area contributed by atoms with Crippen molar-refractivity contribution in [3.8, 4) is 5.75 Å². The van der Waals surface area contributed by atoms with Gasteiger partial charge in [-0.1, -0.05) is 11.6 Å². The molecule has 0 unspecified atom stereocenters. The van der Waals surface area contributed by atoms with E-state index in [2.05, 4.69) is 0 Å². The van der Waals surface area contributed by atoms with E-state index in [1.54, 1.807) is 13.0 Å². The monoisotopic (exact) mass is 336 g/mol. The summed E-state index contributed by atoms with van der Waals surface area (Å²) in [6.45, 7) is 4.51. The first-order valence-electron chi connectivity index (χ1n) is 8.00. The first-order chi connectivity index (χ1) is 11.0. The SMILES string of the molecule is CC(=O)N1CCC(C(=O)N2CCOc3ccc(Cl)cc3C2)CC1. The van der Waals surface area contributed by atoms with Gasteiger partial charge in [0.05, 0.1) is 6.54 Å². The molecule has 1 aromatic rings. The highest BCUT2D eigenvalue weighted by molar-refractivity contribution is 6.30. The molecule has 23 heavy (non-hydrogen) atoms. The Morgan fingerprint density at radius 1 is 1.17 bits per heavy atom. The van der Waals surface area contributed by atoms with Gasteiger partial charge in [0.25, 0.3) is 0 Å². The largest absolute Gasteiger partial charge is 0.491 e. The first-order valence-corrected chi connectivity index (χ1v) is 8.38. The van der Waals surface area contributed by atoms with Gasteiger partial charge in [0, 0.05) is 43.1 Å². The number of piperidine rings is 1. The summed E-state index contributed by atoms with van der Waals surface area (Å²) in [5, 5.41) is 0.649. The van der Waals surface area contributed by atoms with Crippen LogP contribution in [-0.4, -0.2) is 47.9 Å². The molecule has 1 saturated heterocycles. The van der Waals surface area contributed by atoms with Gasteiger partial charge in [-0.3, -0.25) is 9.59 Å². The van der Waals surface area contributed by atoms with E-state index < -0.39 is 0 Å². The Kier molecular flexibility index (Phi) is 4.76. The summed E-state index contributed by atoms with van der Waals surface area (Å²) in [4.78, 5) is 27.9. The van der Waals surface area contributed by atoms with Gasteiger partial charge >= 0.3 is 0 Å². The Hall–Kier alpha value is -1.75. The summed E-state index contributed by atoms with van der Waals surface area (Å²) >= 11 is 6.06. The van der Waals surface area contributed by atoms with E-state index in [4.69, 9.17) is 16.3 Å². The molecule has 2 aliphatic rings. The molecule has 0 saturated carbocycles.